The summed E-state index contributed by atoms with van der Waals surface area (Å²) < 4.78 is 63.5. The molecule has 0 aliphatic heterocycles. The molecule has 0 saturated heterocycles. The number of rotatable bonds is 3. The van der Waals surface area contributed by atoms with Crippen molar-refractivity contribution in [2.75, 3.05) is 0 Å². The van der Waals surface area contributed by atoms with E-state index in [2.05, 4.69) is 0 Å². The van der Waals surface area contributed by atoms with E-state index in [1.807, 2.05) is 4.72 Å². The lowest BCUT2D eigenvalue weighted by Gasteiger charge is -2.13. The summed E-state index contributed by atoms with van der Waals surface area (Å²) in [5.41, 5.74) is -1.08. The van der Waals surface area contributed by atoms with Gasteiger partial charge in [-0.15, -0.1) is 0 Å². The number of nitrogens with zero attached hydrogens (tertiary/aromatic N) is 1. The molecule has 0 fully saturated rings. The fourth-order valence-electron chi connectivity index (χ4n) is 1.40. The average Bonchev–Trinajstić information content (AvgIpc) is 2.26. The van der Waals surface area contributed by atoms with Crippen molar-refractivity contribution in [3.63, 3.8) is 0 Å². The Balaban J connectivity index is 3.28. The number of hydrogen-bond donors (Lipinski definition) is 1. The van der Waals surface area contributed by atoms with Crippen molar-refractivity contribution in [2.24, 2.45) is 0 Å². The van der Waals surface area contributed by atoms with Crippen LogP contribution in [0.4, 0.5) is 13.2 Å². The molecular weight excluding hydrogens is 281 g/mol. The Bertz CT molecular complexity index is 618. The molecule has 0 saturated carbocycles. The zero-order valence-electron chi connectivity index (χ0n) is 10.1. The Kier molecular flexibility index (Phi) is 4.22. The number of sulfonamides is 1. The summed E-state index contributed by atoms with van der Waals surface area (Å²) in [5.74, 6) is 0. The van der Waals surface area contributed by atoms with E-state index in [9.17, 15) is 21.6 Å². The third-order valence-corrected chi connectivity index (χ3v) is 3.89. The van der Waals surface area contributed by atoms with Crippen molar-refractivity contribution in [2.45, 2.75) is 31.0 Å². The zero-order chi connectivity index (χ0) is 14.8. The van der Waals surface area contributed by atoms with Crippen LogP contribution in [0.5, 0.6) is 0 Å². The molecule has 8 heteroatoms. The lowest BCUT2D eigenvalue weighted by molar-refractivity contribution is -0.138. The van der Waals surface area contributed by atoms with Crippen molar-refractivity contribution >= 4 is 10.0 Å². The molecule has 0 bridgehead atoms. The monoisotopic (exact) mass is 292 g/mol. The maximum absolute atomic E-state index is 12.7. The highest BCUT2D eigenvalue weighted by Crippen LogP contribution is 2.33. The number of hydrogen-bond acceptors (Lipinski definition) is 3. The molecule has 19 heavy (non-hydrogen) atoms. The van der Waals surface area contributed by atoms with Gasteiger partial charge in [-0.05, 0) is 31.5 Å². The molecular formula is C11H11F3N2O2S. The number of halogens is 3. The molecule has 0 spiro atoms. The molecule has 1 aromatic carbocycles. The van der Waals surface area contributed by atoms with Gasteiger partial charge in [0.25, 0.3) is 0 Å². The molecule has 0 radical (unpaired) electrons. The summed E-state index contributed by atoms with van der Waals surface area (Å²) in [6.07, 6.45) is -4.63. The Hall–Kier alpha value is -1.59. The van der Waals surface area contributed by atoms with Crippen LogP contribution in [0.15, 0.2) is 23.1 Å². The van der Waals surface area contributed by atoms with Gasteiger partial charge in [0.1, 0.15) is 6.04 Å². The molecule has 1 rings (SSSR count). The van der Waals surface area contributed by atoms with Gasteiger partial charge in [-0.3, -0.25) is 0 Å². The summed E-state index contributed by atoms with van der Waals surface area (Å²) in [7, 11) is -4.14. The van der Waals surface area contributed by atoms with E-state index in [0.29, 0.717) is 6.07 Å². The molecule has 1 aromatic rings. The molecule has 0 aliphatic carbocycles. The maximum Gasteiger partial charge on any atom is 0.416 e. The van der Waals surface area contributed by atoms with E-state index >= 15 is 0 Å². The topological polar surface area (TPSA) is 70.0 Å². The predicted molar refractivity (Wildman–Crippen MR) is 61.6 cm³/mol. The van der Waals surface area contributed by atoms with E-state index in [1.54, 1.807) is 6.07 Å². The molecule has 0 amide bonds. The predicted octanol–water partition coefficient (Wildman–Crippen LogP) is 2.20. The lowest BCUT2D eigenvalue weighted by Crippen LogP contribution is -2.31. The molecule has 0 aromatic heterocycles. The minimum absolute atomic E-state index is 0.0696. The Morgan fingerprint density at radius 1 is 1.37 bits per heavy atom. The molecule has 0 heterocycles. The fraction of sp³-hybridized carbons (Fsp3) is 0.364. The maximum atomic E-state index is 12.7. The van der Waals surface area contributed by atoms with Gasteiger partial charge in [0, 0.05) is 0 Å². The lowest BCUT2D eigenvalue weighted by atomic mass is 10.1. The van der Waals surface area contributed by atoms with Gasteiger partial charge >= 0.3 is 6.18 Å². The van der Waals surface area contributed by atoms with Crippen LogP contribution in [0.1, 0.15) is 18.1 Å². The second-order valence-corrected chi connectivity index (χ2v) is 5.66. The number of benzene rings is 1. The first-order chi connectivity index (χ1) is 8.58. The van der Waals surface area contributed by atoms with Crippen molar-refractivity contribution in [3.8, 4) is 6.07 Å². The van der Waals surface area contributed by atoms with Gasteiger partial charge in [-0.25, -0.2) is 8.42 Å². The minimum atomic E-state index is -4.63. The summed E-state index contributed by atoms with van der Waals surface area (Å²) in [6.45, 7) is 2.53. The summed E-state index contributed by atoms with van der Waals surface area (Å²) in [5, 5.41) is 8.52. The van der Waals surface area contributed by atoms with E-state index in [4.69, 9.17) is 5.26 Å². The van der Waals surface area contributed by atoms with E-state index in [0.717, 1.165) is 12.1 Å². The van der Waals surface area contributed by atoms with Crippen LogP contribution >= 0.6 is 0 Å². The summed E-state index contributed by atoms with van der Waals surface area (Å²) in [6, 6.07) is 3.31. The van der Waals surface area contributed by atoms with Gasteiger partial charge in [-0.2, -0.15) is 23.2 Å². The van der Waals surface area contributed by atoms with Crippen LogP contribution in [0, 0.1) is 18.3 Å². The van der Waals surface area contributed by atoms with Crippen LogP contribution in [0.3, 0.4) is 0 Å². The molecule has 1 atom stereocenters. The quantitative estimate of drug-likeness (QED) is 0.928. The van der Waals surface area contributed by atoms with Crippen molar-refractivity contribution in [3.05, 3.63) is 29.3 Å². The second-order valence-electron chi connectivity index (χ2n) is 3.95. The van der Waals surface area contributed by atoms with Crippen molar-refractivity contribution in [1.82, 2.24) is 4.72 Å². The minimum Gasteiger partial charge on any atom is -0.207 e. The van der Waals surface area contributed by atoms with Gasteiger partial charge < -0.3 is 0 Å². The highest BCUT2D eigenvalue weighted by molar-refractivity contribution is 7.89. The normalized spacial score (nSPS) is 13.9. The average molecular weight is 292 g/mol. The second kappa shape index (κ2) is 5.19. The first kappa shape index (κ1) is 15.5. The van der Waals surface area contributed by atoms with Gasteiger partial charge in [-0.1, -0.05) is 6.07 Å². The van der Waals surface area contributed by atoms with E-state index in [1.165, 1.54) is 13.8 Å². The number of alkyl halides is 3. The summed E-state index contributed by atoms with van der Waals surface area (Å²) in [4.78, 5) is -0.521. The third kappa shape index (κ3) is 3.68. The number of aryl methyl sites for hydroxylation is 1. The first-order valence-electron chi connectivity index (χ1n) is 5.17. The first-order valence-corrected chi connectivity index (χ1v) is 6.66. The van der Waals surface area contributed by atoms with Gasteiger partial charge in [0.2, 0.25) is 10.0 Å². The Labute approximate surface area is 108 Å². The molecule has 1 N–H and O–H groups in total. The molecule has 0 aliphatic rings. The number of nitrogens with one attached hydrogen (secondary N) is 1. The van der Waals surface area contributed by atoms with Crippen LogP contribution in [0.25, 0.3) is 0 Å². The largest absolute Gasteiger partial charge is 0.416 e. The number of nitriles is 1. The van der Waals surface area contributed by atoms with Crippen LogP contribution in [0.2, 0.25) is 0 Å². The van der Waals surface area contributed by atoms with E-state index in [-0.39, 0.29) is 5.56 Å². The van der Waals surface area contributed by atoms with E-state index < -0.39 is 32.7 Å². The molecule has 0 unspecified atom stereocenters. The summed E-state index contributed by atoms with van der Waals surface area (Å²) >= 11 is 0. The zero-order valence-corrected chi connectivity index (χ0v) is 10.9. The smallest absolute Gasteiger partial charge is 0.207 e. The van der Waals surface area contributed by atoms with Crippen molar-refractivity contribution < 1.29 is 21.6 Å². The standard InChI is InChI=1S/C11H11F3N2O2S/c1-7-3-4-9(5-10(7)11(12,13)14)19(17,18)16-8(2)6-15/h3-5,8,16H,1-2H3/t8-/m0/s1. The van der Waals surface area contributed by atoms with Crippen LogP contribution in [-0.4, -0.2) is 14.5 Å². The highest BCUT2D eigenvalue weighted by Gasteiger charge is 2.33. The van der Waals surface area contributed by atoms with Gasteiger partial charge in [0.15, 0.2) is 0 Å². The third-order valence-electron chi connectivity index (χ3n) is 2.35. The Morgan fingerprint density at radius 3 is 2.42 bits per heavy atom. The fourth-order valence-corrected chi connectivity index (χ4v) is 2.58. The highest BCUT2D eigenvalue weighted by atomic mass is 32.2. The van der Waals surface area contributed by atoms with Crippen molar-refractivity contribution in [1.29, 1.82) is 5.26 Å². The molecule has 4 nitrogen and oxygen atoms in total. The van der Waals surface area contributed by atoms with Crippen LogP contribution < -0.4 is 4.72 Å². The van der Waals surface area contributed by atoms with Crippen LogP contribution in [-0.2, 0) is 16.2 Å². The molecule has 104 valence electrons. The van der Waals surface area contributed by atoms with Gasteiger partial charge in [0.05, 0.1) is 16.5 Å². The Morgan fingerprint density at radius 2 is 1.95 bits per heavy atom. The SMILES string of the molecule is Cc1ccc(S(=O)(=O)N[C@@H](C)C#N)cc1C(F)(F)F.